The summed E-state index contributed by atoms with van der Waals surface area (Å²) >= 11 is 0. The molecule has 0 aliphatic rings. The van der Waals surface area contributed by atoms with Crippen molar-refractivity contribution in [2.75, 3.05) is 13.6 Å². The van der Waals surface area contributed by atoms with E-state index in [9.17, 15) is 4.79 Å². The van der Waals surface area contributed by atoms with Gasteiger partial charge < -0.3 is 9.42 Å². The number of carbonyl (C=O) groups is 1. The predicted octanol–water partition coefficient (Wildman–Crippen LogP) is 2.21. The van der Waals surface area contributed by atoms with Gasteiger partial charge >= 0.3 is 0 Å². The van der Waals surface area contributed by atoms with Gasteiger partial charge in [-0.2, -0.15) is 4.98 Å². The first-order valence-electron chi connectivity index (χ1n) is 6.52. The van der Waals surface area contributed by atoms with Crippen LogP contribution in [0.15, 0.2) is 4.52 Å². The molecule has 0 bridgehead atoms. The van der Waals surface area contributed by atoms with E-state index in [4.69, 9.17) is 4.52 Å². The maximum Gasteiger partial charge on any atom is 0.226 e. The molecule has 0 saturated carbocycles. The first kappa shape index (κ1) is 14.7. The smallest absolute Gasteiger partial charge is 0.226 e. The van der Waals surface area contributed by atoms with Gasteiger partial charge in [-0.3, -0.25) is 4.79 Å². The lowest BCUT2D eigenvalue weighted by atomic mass is 10.1. The molecule has 1 rings (SSSR count). The molecule has 18 heavy (non-hydrogen) atoms. The topological polar surface area (TPSA) is 59.2 Å². The molecule has 5 nitrogen and oxygen atoms in total. The standard InChI is InChI=1S/C13H23N3O2/c1-10(2)8-9-16(4)13(17)7-5-6-12-14-11(3)15-18-12/h10H,5-9H2,1-4H3. The molecule has 0 aromatic carbocycles. The van der Waals surface area contributed by atoms with Gasteiger partial charge in [-0.25, -0.2) is 0 Å². The van der Waals surface area contributed by atoms with E-state index in [1.54, 1.807) is 11.8 Å². The first-order valence-corrected chi connectivity index (χ1v) is 6.52. The first-order chi connectivity index (χ1) is 8.49. The van der Waals surface area contributed by atoms with Gasteiger partial charge in [0.25, 0.3) is 0 Å². The Morgan fingerprint density at radius 1 is 1.44 bits per heavy atom. The zero-order valence-corrected chi connectivity index (χ0v) is 11.8. The zero-order chi connectivity index (χ0) is 13.5. The second-order valence-corrected chi connectivity index (χ2v) is 5.09. The largest absolute Gasteiger partial charge is 0.346 e. The van der Waals surface area contributed by atoms with Gasteiger partial charge in [-0.1, -0.05) is 19.0 Å². The molecular weight excluding hydrogens is 230 g/mol. The van der Waals surface area contributed by atoms with Crippen LogP contribution in [0.1, 0.15) is 44.8 Å². The van der Waals surface area contributed by atoms with Crippen molar-refractivity contribution in [3.63, 3.8) is 0 Å². The molecule has 0 unspecified atom stereocenters. The molecule has 1 heterocycles. The molecule has 0 N–H and O–H groups in total. The summed E-state index contributed by atoms with van der Waals surface area (Å²) in [7, 11) is 1.86. The minimum Gasteiger partial charge on any atom is -0.346 e. The number of hydrogen-bond acceptors (Lipinski definition) is 4. The van der Waals surface area contributed by atoms with Crippen LogP contribution < -0.4 is 0 Å². The second kappa shape index (κ2) is 7.13. The summed E-state index contributed by atoms with van der Waals surface area (Å²) in [6, 6.07) is 0. The average molecular weight is 253 g/mol. The van der Waals surface area contributed by atoms with E-state index < -0.39 is 0 Å². The second-order valence-electron chi connectivity index (χ2n) is 5.09. The summed E-state index contributed by atoms with van der Waals surface area (Å²) in [5.41, 5.74) is 0. The lowest BCUT2D eigenvalue weighted by molar-refractivity contribution is -0.130. The monoisotopic (exact) mass is 253 g/mol. The number of hydrogen-bond donors (Lipinski definition) is 0. The molecule has 0 saturated heterocycles. The summed E-state index contributed by atoms with van der Waals surface area (Å²) in [4.78, 5) is 17.7. The van der Waals surface area contributed by atoms with Crippen molar-refractivity contribution < 1.29 is 9.32 Å². The van der Waals surface area contributed by atoms with Crippen molar-refractivity contribution in [3.8, 4) is 0 Å². The summed E-state index contributed by atoms with van der Waals surface area (Å²) in [6.45, 7) is 6.94. The Hall–Kier alpha value is -1.39. The molecule has 5 heteroatoms. The van der Waals surface area contributed by atoms with Crippen LogP contribution in [0.25, 0.3) is 0 Å². The quantitative estimate of drug-likeness (QED) is 0.747. The number of rotatable bonds is 7. The van der Waals surface area contributed by atoms with Crippen LogP contribution in [-0.2, 0) is 11.2 Å². The normalized spacial score (nSPS) is 10.9. The van der Waals surface area contributed by atoms with Gasteiger partial charge in [-0.15, -0.1) is 0 Å². The van der Waals surface area contributed by atoms with Crippen LogP contribution in [0, 0.1) is 12.8 Å². The minimum atomic E-state index is 0.187. The Bertz CT molecular complexity index is 374. The molecule has 102 valence electrons. The lowest BCUT2D eigenvalue weighted by Crippen LogP contribution is -2.28. The summed E-state index contributed by atoms with van der Waals surface area (Å²) < 4.78 is 5.00. The Kier molecular flexibility index (Phi) is 5.82. The van der Waals surface area contributed by atoms with Crippen LogP contribution in [0.3, 0.4) is 0 Å². The highest BCUT2D eigenvalue weighted by atomic mass is 16.5. The third-order valence-electron chi connectivity index (χ3n) is 2.82. The molecule has 0 radical (unpaired) electrons. The molecule has 0 aliphatic carbocycles. The molecular formula is C13H23N3O2. The number of aryl methyl sites for hydroxylation is 2. The van der Waals surface area contributed by atoms with Crippen LogP contribution in [-0.4, -0.2) is 34.5 Å². The highest BCUT2D eigenvalue weighted by Crippen LogP contribution is 2.06. The van der Waals surface area contributed by atoms with E-state index >= 15 is 0 Å². The van der Waals surface area contributed by atoms with Gasteiger partial charge in [0.2, 0.25) is 11.8 Å². The Morgan fingerprint density at radius 2 is 2.17 bits per heavy atom. The third-order valence-corrected chi connectivity index (χ3v) is 2.82. The van der Waals surface area contributed by atoms with Crippen LogP contribution in [0.5, 0.6) is 0 Å². The average Bonchev–Trinajstić information content (AvgIpc) is 2.71. The van der Waals surface area contributed by atoms with E-state index in [0.717, 1.165) is 19.4 Å². The van der Waals surface area contributed by atoms with Crippen molar-refractivity contribution >= 4 is 5.91 Å². The van der Waals surface area contributed by atoms with E-state index in [1.807, 2.05) is 7.05 Å². The molecule has 1 aromatic rings. The lowest BCUT2D eigenvalue weighted by Gasteiger charge is -2.18. The van der Waals surface area contributed by atoms with Crippen molar-refractivity contribution in [1.82, 2.24) is 15.0 Å². The van der Waals surface area contributed by atoms with Crippen molar-refractivity contribution in [2.24, 2.45) is 5.92 Å². The number of amides is 1. The molecule has 0 fully saturated rings. The van der Waals surface area contributed by atoms with Gasteiger partial charge in [0, 0.05) is 26.4 Å². The van der Waals surface area contributed by atoms with E-state index in [-0.39, 0.29) is 5.91 Å². The van der Waals surface area contributed by atoms with Gasteiger partial charge in [0.15, 0.2) is 5.82 Å². The summed E-state index contributed by atoms with van der Waals surface area (Å²) in [6.07, 6.45) is 3.01. The third kappa shape index (κ3) is 5.29. The summed E-state index contributed by atoms with van der Waals surface area (Å²) in [5.74, 6) is 2.07. The molecule has 0 spiro atoms. The van der Waals surface area contributed by atoms with E-state index in [0.29, 0.717) is 30.5 Å². The predicted molar refractivity (Wildman–Crippen MR) is 69.1 cm³/mol. The van der Waals surface area contributed by atoms with Crippen LogP contribution >= 0.6 is 0 Å². The molecule has 0 aliphatic heterocycles. The Morgan fingerprint density at radius 3 is 2.72 bits per heavy atom. The number of aromatic nitrogens is 2. The van der Waals surface area contributed by atoms with Crippen LogP contribution in [0.2, 0.25) is 0 Å². The SMILES string of the molecule is Cc1noc(CCCC(=O)N(C)CCC(C)C)n1. The fraction of sp³-hybridized carbons (Fsp3) is 0.769. The Labute approximate surface area is 109 Å². The van der Waals surface area contributed by atoms with Crippen molar-refractivity contribution in [2.45, 2.75) is 46.5 Å². The molecule has 1 aromatic heterocycles. The highest BCUT2D eigenvalue weighted by Gasteiger charge is 2.10. The zero-order valence-electron chi connectivity index (χ0n) is 11.8. The van der Waals surface area contributed by atoms with Gasteiger partial charge in [0.1, 0.15) is 0 Å². The fourth-order valence-electron chi connectivity index (χ4n) is 1.60. The highest BCUT2D eigenvalue weighted by molar-refractivity contribution is 5.75. The molecule has 0 atom stereocenters. The molecule has 1 amide bonds. The van der Waals surface area contributed by atoms with E-state index in [1.165, 1.54) is 0 Å². The minimum absolute atomic E-state index is 0.187. The van der Waals surface area contributed by atoms with Crippen molar-refractivity contribution in [3.05, 3.63) is 11.7 Å². The van der Waals surface area contributed by atoms with E-state index in [2.05, 4.69) is 24.0 Å². The maximum absolute atomic E-state index is 11.8. The van der Waals surface area contributed by atoms with Crippen LogP contribution in [0.4, 0.5) is 0 Å². The van der Waals surface area contributed by atoms with Gasteiger partial charge in [0.05, 0.1) is 0 Å². The maximum atomic E-state index is 11.8. The number of carbonyl (C=O) groups excluding carboxylic acids is 1. The van der Waals surface area contributed by atoms with Gasteiger partial charge in [-0.05, 0) is 25.7 Å². The summed E-state index contributed by atoms with van der Waals surface area (Å²) in [5, 5.41) is 3.72. The van der Waals surface area contributed by atoms with Crippen molar-refractivity contribution in [1.29, 1.82) is 0 Å². The Balaban J connectivity index is 2.20. The fourth-order valence-corrected chi connectivity index (χ4v) is 1.60. The number of nitrogens with zero attached hydrogens (tertiary/aromatic N) is 3.